The molecule has 21 heavy (non-hydrogen) atoms. The normalized spacial score (nSPS) is 12.2. The van der Waals surface area contributed by atoms with Gasteiger partial charge in [0.25, 0.3) is 0 Å². The first-order chi connectivity index (χ1) is 10.1. The molecule has 0 aliphatic rings. The van der Waals surface area contributed by atoms with Gasteiger partial charge in [-0.15, -0.1) is 0 Å². The van der Waals surface area contributed by atoms with Crippen molar-refractivity contribution < 1.29 is 4.74 Å². The van der Waals surface area contributed by atoms with E-state index in [0.29, 0.717) is 0 Å². The van der Waals surface area contributed by atoms with Crippen LogP contribution in [-0.4, -0.2) is 22.6 Å². The molecule has 1 rings (SSSR count). The Balaban J connectivity index is 2.70. The van der Waals surface area contributed by atoms with E-state index in [1.54, 1.807) is 0 Å². The maximum atomic E-state index is 6.06. The standard InChI is InChI=1S/C17H31N3O/c1-6-9-10-11-12-13(4)21-17-14(5)16(18-8-3)19-15(7-2)20-17/h13H,6-12H2,1-5H3,(H,18,19,20). The highest BCUT2D eigenvalue weighted by atomic mass is 16.5. The summed E-state index contributed by atoms with van der Waals surface area (Å²) < 4.78 is 6.06. The van der Waals surface area contributed by atoms with E-state index in [-0.39, 0.29) is 6.10 Å². The van der Waals surface area contributed by atoms with Crippen LogP contribution in [-0.2, 0) is 6.42 Å². The lowest BCUT2D eigenvalue weighted by molar-refractivity contribution is 0.196. The highest BCUT2D eigenvalue weighted by molar-refractivity contribution is 5.48. The Hall–Kier alpha value is -1.32. The predicted molar refractivity (Wildman–Crippen MR) is 89.2 cm³/mol. The molecule has 0 saturated carbocycles. The summed E-state index contributed by atoms with van der Waals surface area (Å²) in [5, 5.41) is 3.29. The molecule has 0 aromatic carbocycles. The molecule has 0 amide bonds. The minimum atomic E-state index is 0.203. The summed E-state index contributed by atoms with van der Waals surface area (Å²) in [4.78, 5) is 9.08. The smallest absolute Gasteiger partial charge is 0.222 e. The Labute approximate surface area is 129 Å². The number of nitrogens with one attached hydrogen (secondary N) is 1. The molecule has 0 aliphatic carbocycles. The van der Waals surface area contributed by atoms with Crippen molar-refractivity contribution in [3.8, 4) is 5.88 Å². The van der Waals surface area contributed by atoms with Gasteiger partial charge in [0.2, 0.25) is 5.88 Å². The summed E-state index contributed by atoms with van der Waals surface area (Å²) in [6, 6.07) is 0. The summed E-state index contributed by atoms with van der Waals surface area (Å²) in [6.45, 7) is 11.4. The van der Waals surface area contributed by atoms with Gasteiger partial charge < -0.3 is 10.1 Å². The number of aromatic nitrogens is 2. The SMILES string of the molecule is CCCCCCC(C)Oc1nc(CC)nc(NCC)c1C. The van der Waals surface area contributed by atoms with E-state index in [4.69, 9.17) is 4.74 Å². The van der Waals surface area contributed by atoms with Crippen LogP contribution in [0.5, 0.6) is 5.88 Å². The Bertz CT molecular complexity index is 421. The average molecular weight is 293 g/mol. The molecule has 1 aromatic heterocycles. The zero-order chi connectivity index (χ0) is 15.7. The van der Waals surface area contributed by atoms with Crippen molar-refractivity contribution in [3.63, 3.8) is 0 Å². The van der Waals surface area contributed by atoms with E-state index >= 15 is 0 Å². The third-order valence-corrected chi connectivity index (χ3v) is 3.58. The second kappa shape index (κ2) is 9.59. The molecule has 0 radical (unpaired) electrons. The molecule has 1 heterocycles. The molecule has 1 aromatic rings. The first kappa shape index (κ1) is 17.7. The van der Waals surface area contributed by atoms with Crippen LogP contribution in [0.3, 0.4) is 0 Å². The van der Waals surface area contributed by atoms with Crippen molar-refractivity contribution in [3.05, 3.63) is 11.4 Å². The summed E-state index contributed by atoms with van der Waals surface area (Å²) in [5.41, 5.74) is 1.01. The van der Waals surface area contributed by atoms with Crippen LogP contribution in [0.2, 0.25) is 0 Å². The van der Waals surface area contributed by atoms with Crippen LogP contribution in [0.1, 0.15) is 71.2 Å². The first-order valence-corrected chi connectivity index (χ1v) is 8.40. The Morgan fingerprint density at radius 1 is 1.10 bits per heavy atom. The number of aryl methyl sites for hydroxylation is 1. The second-order valence-corrected chi connectivity index (χ2v) is 5.58. The highest BCUT2D eigenvalue weighted by Gasteiger charge is 2.13. The Kier molecular flexibility index (Phi) is 8.09. The monoisotopic (exact) mass is 293 g/mol. The lowest BCUT2D eigenvalue weighted by Gasteiger charge is -2.18. The predicted octanol–water partition coefficient (Wildman–Crippen LogP) is 4.52. The number of rotatable bonds is 10. The molecule has 1 N–H and O–H groups in total. The number of hydrogen-bond acceptors (Lipinski definition) is 4. The first-order valence-electron chi connectivity index (χ1n) is 8.40. The second-order valence-electron chi connectivity index (χ2n) is 5.58. The van der Waals surface area contributed by atoms with Gasteiger partial charge in [-0.05, 0) is 33.6 Å². The van der Waals surface area contributed by atoms with E-state index in [1.807, 2.05) is 6.92 Å². The maximum absolute atomic E-state index is 6.06. The third-order valence-electron chi connectivity index (χ3n) is 3.58. The fourth-order valence-corrected chi connectivity index (χ4v) is 2.26. The van der Waals surface area contributed by atoms with E-state index in [0.717, 1.165) is 42.5 Å². The zero-order valence-electron chi connectivity index (χ0n) is 14.3. The van der Waals surface area contributed by atoms with Gasteiger partial charge in [-0.3, -0.25) is 0 Å². The maximum Gasteiger partial charge on any atom is 0.222 e. The molecular formula is C17H31N3O. The lowest BCUT2D eigenvalue weighted by Crippen LogP contribution is -2.15. The van der Waals surface area contributed by atoms with Crippen LogP contribution in [0.15, 0.2) is 0 Å². The zero-order valence-corrected chi connectivity index (χ0v) is 14.3. The summed E-state index contributed by atoms with van der Waals surface area (Å²) in [7, 11) is 0. The molecule has 4 heteroatoms. The van der Waals surface area contributed by atoms with Gasteiger partial charge in [0.05, 0.1) is 11.7 Å². The van der Waals surface area contributed by atoms with Gasteiger partial charge in [0, 0.05) is 13.0 Å². The van der Waals surface area contributed by atoms with E-state index in [9.17, 15) is 0 Å². The minimum absolute atomic E-state index is 0.203. The molecule has 0 spiro atoms. The van der Waals surface area contributed by atoms with E-state index < -0.39 is 0 Å². The van der Waals surface area contributed by atoms with Crippen LogP contribution >= 0.6 is 0 Å². The van der Waals surface area contributed by atoms with Crippen molar-refractivity contribution in [2.24, 2.45) is 0 Å². The fourth-order valence-electron chi connectivity index (χ4n) is 2.26. The number of hydrogen-bond donors (Lipinski definition) is 1. The fraction of sp³-hybridized carbons (Fsp3) is 0.765. The van der Waals surface area contributed by atoms with E-state index in [1.165, 1.54) is 25.7 Å². The molecule has 0 fully saturated rings. The number of anilines is 1. The number of unbranched alkanes of at least 4 members (excludes halogenated alkanes) is 3. The van der Waals surface area contributed by atoms with Crippen molar-refractivity contribution in [1.82, 2.24) is 9.97 Å². The van der Waals surface area contributed by atoms with Crippen molar-refractivity contribution >= 4 is 5.82 Å². The van der Waals surface area contributed by atoms with Crippen LogP contribution < -0.4 is 10.1 Å². The third kappa shape index (κ3) is 5.90. The molecule has 120 valence electrons. The van der Waals surface area contributed by atoms with Gasteiger partial charge in [-0.2, -0.15) is 4.98 Å². The number of nitrogens with zero attached hydrogens (tertiary/aromatic N) is 2. The van der Waals surface area contributed by atoms with Crippen molar-refractivity contribution in [2.45, 2.75) is 79.2 Å². The Morgan fingerprint density at radius 3 is 2.48 bits per heavy atom. The molecule has 0 saturated heterocycles. The molecular weight excluding hydrogens is 262 g/mol. The van der Waals surface area contributed by atoms with Gasteiger partial charge in [0.15, 0.2) is 0 Å². The van der Waals surface area contributed by atoms with Crippen molar-refractivity contribution in [2.75, 3.05) is 11.9 Å². The highest BCUT2D eigenvalue weighted by Crippen LogP contribution is 2.24. The molecule has 0 aliphatic heterocycles. The topological polar surface area (TPSA) is 47.0 Å². The minimum Gasteiger partial charge on any atom is -0.474 e. The van der Waals surface area contributed by atoms with E-state index in [2.05, 4.69) is 43.0 Å². The molecule has 4 nitrogen and oxygen atoms in total. The van der Waals surface area contributed by atoms with Gasteiger partial charge in [-0.1, -0.05) is 33.1 Å². The van der Waals surface area contributed by atoms with Gasteiger partial charge in [-0.25, -0.2) is 4.98 Å². The van der Waals surface area contributed by atoms with Crippen molar-refractivity contribution in [1.29, 1.82) is 0 Å². The van der Waals surface area contributed by atoms with Gasteiger partial charge in [0.1, 0.15) is 11.6 Å². The van der Waals surface area contributed by atoms with Crippen LogP contribution in [0, 0.1) is 6.92 Å². The number of ether oxygens (including phenoxy) is 1. The molecule has 0 bridgehead atoms. The van der Waals surface area contributed by atoms with Gasteiger partial charge >= 0.3 is 0 Å². The summed E-state index contributed by atoms with van der Waals surface area (Å²) >= 11 is 0. The largest absolute Gasteiger partial charge is 0.474 e. The van der Waals surface area contributed by atoms with Crippen LogP contribution in [0.25, 0.3) is 0 Å². The lowest BCUT2D eigenvalue weighted by atomic mass is 10.1. The molecule has 1 unspecified atom stereocenters. The summed E-state index contributed by atoms with van der Waals surface area (Å²) in [5.74, 6) is 2.48. The quantitative estimate of drug-likeness (QED) is 0.644. The van der Waals surface area contributed by atoms with Crippen LogP contribution in [0.4, 0.5) is 5.82 Å². The molecule has 1 atom stereocenters. The summed E-state index contributed by atoms with van der Waals surface area (Å²) in [6.07, 6.45) is 7.20. The Morgan fingerprint density at radius 2 is 1.86 bits per heavy atom. The average Bonchev–Trinajstić information content (AvgIpc) is 2.47.